The van der Waals surface area contributed by atoms with Gasteiger partial charge in [-0.1, -0.05) is 0 Å². The fourth-order valence-electron chi connectivity index (χ4n) is 2.93. The number of methoxy groups -OCH3 is 1. The molecule has 3 N–H and O–H groups in total. The van der Waals surface area contributed by atoms with E-state index in [9.17, 15) is 5.11 Å². The molecular weight excluding hydrogens is 298 g/mol. The topological polar surface area (TPSA) is 115 Å². The molecule has 1 aliphatic heterocycles. The molecule has 3 rings (SSSR count). The lowest BCUT2D eigenvalue weighted by Crippen LogP contribution is -2.34. The van der Waals surface area contributed by atoms with Gasteiger partial charge in [-0.25, -0.2) is 0 Å². The highest BCUT2D eigenvalue weighted by atomic mass is 16.5. The van der Waals surface area contributed by atoms with E-state index in [4.69, 9.17) is 10.5 Å². The van der Waals surface area contributed by atoms with E-state index in [0.717, 1.165) is 37.6 Å². The van der Waals surface area contributed by atoms with Gasteiger partial charge < -0.3 is 25.0 Å². The Labute approximate surface area is 134 Å². The maximum atomic E-state index is 9.23. The quantitative estimate of drug-likeness (QED) is 0.813. The lowest BCUT2D eigenvalue weighted by molar-refractivity contribution is 0.266. The van der Waals surface area contributed by atoms with Crippen molar-refractivity contribution >= 4 is 11.8 Å². The van der Waals surface area contributed by atoms with Gasteiger partial charge in [-0.15, -0.1) is 10.2 Å². The number of ether oxygens (including phenoxy) is 1. The van der Waals surface area contributed by atoms with Crippen LogP contribution in [0, 0.1) is 0 Å². The number of nitrogens with zero attached hydrogens (tertiary/aromatic N) is 6. The molecule has 3 heterocycles. The molecule has 1 aliphatic rings. The molecular formula is C14H21N7O2. The zero-order valence-electron chi connectivity index (χ0n) is 13.3. The predicted octanol–water partition coefficient (Wildman–Crippen LogP) is 0.0722. The van der Waals surface area contributed by atoms with E-state index in [1.165, 1.54) is 0 Å². The van der Waals surface area contributed by atoms with E-state index < -0.39 is 0 Å². The number of nitrogens with two attached hydrogens (primary N) is 1. The van der Waals surface area contributed by atoms with Crippen LogP contribution in [0.3, 0.4) is 0 Å². The average molecular weight is 319 g/mol. The van der Waals surface area contributed by atoms with Crippen molar-refractivity contribution in [3.05, 3.63) is 17.7 Å². The molecule has 124 valence electrons. The minimum atomic E-state index is -0.0949. The van der Waals surface area contributed by atoms with Crippen LogP contribution in [0.1, 0.15) is 30.4 Å². The van der Waals surface area contributed by atoms with Crippen LogP contribution in [-0.4, -0.2) is 50.0 Å². The predicted molar refractivity (Wildman–Crippen MR) is 84.1 cm³/mol. The van der Waals surface area contributed by atoms with Gasteiger partial charge in [-0.3, -0.25) is 0 Å². The molecule has 0 aromatic carbocycles. The molecule has 0 amide bonds. The zero-order chi connectivity index (χ0) is 16.4. The van der Waals surface area contributed by atoms with Crippen molar-refractivity contribution < 1.29 is 9.84 Å². The standard InChI is InChI=1S/C14H21N7O2/c1-20-11(8-22)18-19-13(20)9-3-5-21(6-4-9)10-7-12(23-2)17-14(15)16-10/h7,9,22H,3-6,8H2,1-2H3,(H2,15,16,17). The summed E-state index contributed by atoms with van der Waals surface area (Å²) < 4.78 is 7.03. The normalized spacial score (nSPS) is 15.9. The fourth-order valence-corrected chi connectivity index (χ4v) is 2.93. The first-order chi connectivity index (χ1) is 11.1. The molecule has 0 saturated carbocycles. The van der Waals surface area contributed by atoms with Crippen molar-refractivity contribution in [2.24, 2.45) is 7.05 Å². The molecule has 2 aromatic heterocycles. The smallest absolute Gasteiger partial charge is 0.225 e. The summed E-state index contributed by atoms with van der Waals surface area (Å²) in [5.74, 6) is 3.30. The highest BCUT2D eigenvalue weighted by Gasteiger charge is 2.26. The summed E-state index contributed by atoms with van der Waals surface area (Å²) in [4.78, 5) is 10.5. The summed E-state index contributed by atoms with van der Waals surface area (Å²) >= 11 is 0. The summed E-state index contributed by atoms with van der Waals surface area (Å²) in [6.45, 7) is 1.58. The van der Waals surface area contributed by atoms with Crippen LogP contribution in [0.15, 0.2) is 6.07 Å². The van der Waals surface area contributed by atoms with Crippen LogP contribution in [0.5, 0.6) is 5.88 Å². The third-order valence-electron chi connectivity index (χ3n) is 4.24. The molecule has 1 saturated heterocycles. The van der Waals surface area contributed by atoms with E-state index in [2.05, 4.69) is 25.1 Å². The van der Waals surface area contributed by atoms with Gasteiger partial charge in [0.1, 0.15) is 18.2 Å². The molecule has 2 aromatic rings. The number of anilines is 2. The average Bonchev–Trinajstić information content (AvgIpc) is 2.95. The Bertz CT molecular complexity index is 680. The Balaban J connectivity index is 1.71. The van der Waals surface area contributed by atoms with Crippen LogP contribution >= 0.6 is 0 Å². The number of nitrogen functional groups attached to an aromatic ring is 1. The maximum absolute atomic E-state index is 9.23. The van der Waals surface area contributed by atoms with E-state index in [-0.39, 0.29) is 12.6 Å². The van der Waals surface area contributed by atoms with Crippen molar-refractivity contribution in [3.8, 4) is 5.88 Å². The molecule has 1 fully saturated rings. The molecule has 0 radical (unpaired) electrons. The summed E-state index contributed by atoms with van der Waals surface area (Å²) in [5, 5.41) is 17.5. The Hall–Kier alpha value is -2.42. The number of aliphatic hydroxyl groups is 1. The summed E-state index contributed by atoms with van der Waals surface area (Å²) in [6, 6.07) is 1.79. The first-order valence-corrected chi connectivity index (χ1v) is 7.55. The molecule has 0 atom stereocenters. The minimum Gasteiger partial charge on any atom is -0.481 e. The summed E-state index contributed by atoms with van der Waals surface area (Å²) in [7, 11) is 3.45. The van der Waals surface area contributed by atoms with Gasteiger partial charge in [0, 0.05) is 32.1 Å². The Morgan fingerprint density at radius 1 is 1.30 bits per heavy atom. The van der Waals surface area contributed by atoms with Crippen molar-refractivity contribution in [3.63, 3.8) is 0 Å². The van der Waals surface area contributed by atoms with E-state index in [1.807, 2.05) is 11.6 Å². The number of aromatic nitrogens is 5. The van der Waals surface area contributed by atoms with Crippen LogP contribution in [0.25, 0.3) is 0 Å². The highest BCUT2D eigenvalue weighted by Crippen LogP contribution is 2.30. The summed E-state index contributed by atoms with van der Waals surface area (Å²) in [5.41, 5.74) is 5.72. The maximum Gasteiger partial charge on any atom is 0.225 e. The number of hydrogen-bond acceptors (Lipinski definition) is 8. The number of aliphatic hydroxyl groups excluding tert-OH is 1. The molecule has 23 heavy (non-hydrogen) atoms. The fraction of sp³-hybridized carbons (Fsp3) is 0.571. The van der Waals surface area contributed by atoms with E-state index >= 15 is 0 Å². The first-order valence-electron chi connectivity index (χ1n) is 7.55. The SMILES string of the molecule is COc1cc(N2CCC(c3nnc(CO)n3C)CC2)nc(N)n1. The van der Waals surface area contributed by atoms with Gasteiger partial charge in [0.25, 0.3) is 0 Å². The van der Waals surface area contributed by atoms with E-state index in [0.29, 0.717) is 17.6 Å². The molecule has 0 unspecified atom stereocenters. The highest BCUT2D eigenvalue weighted by molar-refractivity contribution is 5.46. The Morgan fingerprint density at radius 3 is 2.65 bits per heavy atom. The lowest BCUT2D eigenvalue weighted by Gasteiger charge is -2.32. The molecule has 0 bridgehead atoms. The third kappa shape index (κ3) is 3.04. The van der Waals surface area contributed by atoms with Gasteiger partial charge >= 0.3 is 0 Å². The van der Waals surface area contributed by atoms with Crippen molar-refractivity contribution in [2.45, 2.75) is 25.4 Å². The van der Waals surface area contributed by atoms with Crippen molar-refractivity contribution in [2.75, 3.05) is 30.8 Å². The van der Waals surface area contributed by atoms with Crippen LogP contribution in [0.2, 0.25) is 0 Å². The van der Waals surface area contributed by atoms with Gasteiger partial charge in [0.05, 0.1) is 7.11 Å². The van der Waals surface area contributed by atoms with Crippen LogP contribution in [0.4, 0.5) is 11.8 Å². The van der Waals surface area contributed by atoms with E-state index in [1.54, 1.807) is 13.2 Å². The summed E-state index contributed by atoms with van der Waals surface area (Å²) in [6.07, 6.45) is 1.87. The van der Waals surface area contributed by atoms with Crippen molar-refractivity contribution in [1.29, 1.82) is 0 Å². The lowest BCUT2D eigenvalue weighted by atomic mass is 9.96. The third-order valence-corrected chi connectivity index (χ3v) is 4.24. The Morgan fingerprint density at radius 2 is 2.04 bits per heavy atom. The van der Waals surface area contributed by atoms with Gasteiger partial charge in [-0.05, 0) is 12.8 Å². The number of piperidine rings is 1. The van der Waals surface area contributed by atoms with Crippen LogP contribution in [-0.2, 0) is 13.7 Å². The monoisotopic (exact) mass is 319 g/mol. The van der Waals surface area contributed by atoms with Gasteiger partial charge in [-0.2, -0.15) is 9.97 Å². The zero-order valence-corrected chi connectivity index (χ0v) is 13.3. The first kappa shape index (κ1) is 15.5. The second kappa shape index (κ2) is 6.37. The largest absolute Gasteiger partial charge is 0.481 e. The minimum absolute atomic E-state index is 0.0949. The Kier molecular flexibility index (Phi) is 4.28. The molecule has 0 spiro atoms. The van der Waals surface area contributed by atoms with Gasteiger partial charge in [0.15, 0.2) is 5.82 Å². The molecule has 0 aliphatic carbocycles. The van der Waals surface area contributed by atoms with Gasteiger partial charge in [0.2, 0.25) is 11.8 Å². The second-order valence-electron chi connectivity index (χ2n) is 5.58. The molecule has 9 nitrogen and oxygen atoms in total. The number of hydrogen-bond donors (Lipinski definition) is 2. The van der Waals surface area contributed by atoms with Crippen molar-refractivity contribution in [1.82, 2.24) is 24.7 Å². The second-order valence-corrected chi connectivity index (χ2v) is 5.58. The number of rotatable bonds is 4. The van der Waals surface area contributed by atoms with Crippen LogP contribution < -0.4 is 15.4 Å². The molecule has 9 heteroatoms.